The Balaban J connectivity index is 2.16. The molecule has 3 heteroatoms. The molecule has 0 atom stereocenters. The first-order valence-corrected chi connectivity index (χ1v) is 7.46. The van der Waals surface area contributed by atoms with E-state index in [0.29, 0.717) is 18.6 Å². The molecule has 0 aliphatic carbocycles. The average molecular weight is 275 g/mol. The normalized spacial score (nSPS) is 11.4. The highest BCUT2D eigenvalue weighted by Gasteiger charge is 2.05. The van der Waals surface area contributed by atoms with Gasteiger partial charge in [0.1, 0.15) is 0 Å². The molecule has 1 aromatic rings. The molecule has 0 saturated carbocycles. The van der Waals surface area contributed by atoms with Crippen LogP contribution in [0.1, 0.15) is 56.3 Å². The summed E-state index contributed by atoms with van der Waals surface area (Å²) < 4.78 is 5.22. The Morgan fingerprint density at radius 3 is 2.60 bits per heavy atom. The van der Waals surface area contributed by atoms with Gasteiger partial charge in [-0.2, -0.15) is 0 Å². The van der Waals surface area contributed by atoms with Gasteiger partial charge in [0.05, 0.1) is 12.2 Å². The summed E-state index contributed by atoms with van der Waals surface area (Å²) in [5, 5.41) is 0. The Morgan fingerprint density at radius 1 is 1.15 bits per heavy atom. The number of nitrogens with zero attached hydrogens (tertiary/aromatic N) is 1. The van der Waals surface area contributed by atoms with Crippen molar-refractivity contribution in [2.24, 2.45) is 4.99 Å². The molecule has 0 fully saturated rings. The number of rotatable bonds is 9. The van der Waals surface area contributed by atoms with Crippen LogP contribution in [0.2, 0.25) is 0 Å². The van der Waals surface area contributed by atoms with Crippen LogP contribution in [-0.2, 0) is 4.74 Å². The molecule has 20 heavy (non-hydrogen) atoms. The van der Waals surface area contributed by atoms with Crippen LogP contribution in [0.4, 0.5) is 0 Å². The lowest BCUT2D eigenvalue weighted by molar-refractivity contribution is 0.0515. The molecule has 0 spiro atoms. The third kappa shape index (κ3) is 7.07. The number of carbonyl (C=O) groups is 1. The molecule has 3 nitrogen and oxygen atoms in total. The highest BCUT2D eigenvalue weighted by Crippen LogP contribution is 2.02. The van der Waals surface area contributed by atoms with Gasteiger partial charge < -0.3 is 4.74 Å². The van der Waals surface area contributed by atoms with Crippen molar-refractivity contribution < 1.29 is 9.53 Å². The Labute approximate surface area is 122 Å². The lowest BCUT2D eigenvalue weighted by atomic mass is 10.2. The Hall–Kier alpha value is -1.64. The summed E-state index contributed by atoms with van der Waals surface area (Å²) >= 11 is 0. The minimum atomic E-state index is -0.263. The van der Waals surface area contributed by atoms with Crippen molar-refractivity contribution in [3.05, 3.63) is 35.9 Å². The van der Waals surface area contributed by atoms with E-state index in [9.17, 15) is 4.79 Å². The van der Waals surface area contributed by atoms with Gasteiger partial charge in [-0.3, -0.25) is 4.99 Å². The summed E-state index contributed by atoms with van der Waals surface area (Å²) in [6.07, 6.45) is 5.64. The van der Waals surface area contributed by atoms with Crippen molar-refractivity contribution in [3.63, 3.8) is 0 Å². The first-order valence-electron chi connectivity index (χ1n) is 7.46. The third-order valence-electron chi connectivity index (χ3n) is 3.10. The predicted molar refractivity (Wildman–Crippen MR) is 83.5 cm³/mol. The maximum absolute atomic E-state index is 11.7. The van der Waals surface area contributed by atoms with E-state index < -0.39 is 0 Å². The maximum atomic E-state index is 11.7. The Kier molecular flexibility index (Phi) is 8.36. The van der Waals surface area contributed by atoms with Crippen LogP contribution in [0.25, 0.3) is 0 Å². The summed E-state index contributed by atoms with van der Waals surface area (Å²) in [6, 6.07) is 9.07. The molecule has 1 rings (SSSR count). The molecule has 0 aromatic heterocycles. The first kappa shape index (κ1) is 16.4. The second-order valence-corrected chi connectivity index (χ2v) is 4.93. The van der Waals surface area contributed by atoms with E-state index in [0.717, 1.165) is 18.7 Å². The van der Waals surface area contributed by atoms with Crippen LogP contribution in [0.3, 0.4) is 0 Å². The largest absolute Gasteiger partial charge is 0.462 e. The van der Waals surface area contributed by atoms with Crippen LogP contribution in [-0.4, -0.2) is 24.8 Å². The minimum Gasteiger partial charge on any atom is -0.462 e. The topological polar surface area (TPSA) is 38.7 Å². The molecule has 0 aliphatic heterocycles. The smallest absolute Gasteiger partial charge is 0.338 e. The molecule has 0 radical (unpaired) electrons. The molecule has 0 N–H and O–H groups in total. The second-order valence-electron chi connectivity index (χ2n) is 4.93. The fourth-order valence-electron chi connectivity index (χ4n) is 1.84. The fraction of sp³-hybridized carbons (Fsp3) is 0.529. The van der Waals surface area contributed by atoms with E-state index >= 15 is 0 Å². The van der Waals surface area contributed by atoms with E-state index in [1.807, 2.05) is 25.1 Å². The molecule has 0 aliphatic rings. The van der Waals surface area contributed by atoms with Crippen LogP contribution >= 0.6 is 0 Å². The molecule has 0 unspecified atom stereocenters. The number of aliphatic imine (C=N–C) groups is 1. The molecule has 110 valence electrons. The number of unbranched alkanes of at least 4 members (excludes halogenated alkanes) is 3. The third-order valence-corrected chi connectivity index (χ3v) is 3.10. The zero-order valence-electron chi connectivity index (χ0n) is 12.6. The van der Waals surface area contributed by atoms with E-state index in [-0.39, 0.29) is 5.97 Å². The minimum absolute atomic E-state index is 0.263. The summed E-state index contributed by atoms with van der Waals surface area (Å²) in [5.74, 6) is -0.263. The monoisotopic (exact) mass is 275 g/mol. The summed E-state index contributed by atoms with van der Waals surface area (Å²) in [4.78, 5) is 16.2. The van der Waals surface area contributed by atoms with Gasteiger partial charge in [-0.15, -0.1) is 0 Å². The number of hydrogen-bond donors (Lipinski definition) is 0. The zero-order chi connectivity index (χ0) is 14.6. The number of benzene rings is 1. The number of hydrogen-bond acceptors (Lipinski definition) is 3. The van der Waals surface area contributed by atoms with Crippen molar-refractivity contribution in [3.8, 4) is 0 Å². The quantitative estimate of drug-likeness (QED) is 0.383. The van der Waals surface area contributed by atoms with Gasteiger partial charge in [0.2, 0.25) is 0 Å². The van der Waals surface area contributed by atoms with Gasteiger partial charge in [-0.05, 0) is 25.5 Å². The van der Waals surface area contributed by atoms with E-state index in [1.54, 1.807) is 12.1 Å². The van der Waals surface area contributed by atoms with E-state index in [2.05, 4.69) is 11.9 Å². The fourth-order valence-corrected chi connectivity index (χ4v) is 1.84. The van der Waals surface area contributed by atoms with Crippen molar-refractivity contribution in [1.82, 2.24) is 0 Å². The molecule has 0 amide bonds. The van der Waals surface area contributed by atoms with Gasteiger partial charge in [-0.25, -0.2) is 4.79 Å². The first-order chi connectivity index (χ1) is 9.74. The van der Waals surface area contributed by atoms with Crippen LogP contribution in [0, 0.1) is 0 Å². The van der Waals surface area contributed by atoms with Crippen LogP contribution in [0.5, 0.6) is 0 Å². The molecule has 0 bridgehead atoms. The summed E-state index contributed by atoms with van der Waals surface area (Å²) in [7, 11) is 0. The second kappa shape index (κ2) is 10.2. The van der Waals surface area contributed by atoms with Gasteiger partial charge in [0.25, 0.3) is 0 Å². The lowest BCUT2D eigenvalue weighted by Gasteiger charge is -2.05. The maximum Gasteiger partial charge on any atom is 0.338 e. The van der Waals surface area contributed by atoms with E-state index in [1.165, 1.54) is 19.3 Å². The SMILES string of the molecule is CCCCCCN=C(C)CCOC(=O)c1ccccc1. The van der Waals surface area contributed by atoms with Crippen LogP contribution in [0.15, 0.2) is 35.3 Å². The number of esters is 1. The summed E-state index contributed by atoms with van der Waals surface area (Å²) in [6.45, 7) is 5.49. The molecular formula is C17H25NO2. The average Bonchev–Trinajstić information content (AvgIpc) is 2.48. The Morgan fingerprint density at radius 2 is 1.90 bits per heavy atom. The molecule has 0 saturated heterocycles. The summed E-state index contributed by atoms with van der Waals surface area (Å²) in [5.41, 5.74) is 1.66. The number of ether oxygens (including phenoxy) is 1. The van der Waals surface area contributed by atoms with Gasteiger partial charge in [0, 0.05) is 18.7 Å². The zero-order valence-corrected chi connectivity index (χ0v) is 12.6. The standard InChI is InChI=1S/C17H25NO2/c1-3-4-5-9-13-18-15(2)12-14-20-17(19)16-10-7-6-8-11-16/h6-8,10-11H,3-5,9,12-14H2,1-2H3. The van der Waals surface area contributed by atoms with Crippen molar-refractivity contribution >= 4 is 11.7 Å². The van der Waals surface area contributed by atoms with Gasteiger partial charge in [-0.1, -0.05) is 44.4 Å². The predicted octanol–water partition coefficient (Wildman–Crippen LogP) is 4.27. The molecule has 0 heterocycles. The van der Waals surface area contributed by atoms with Crippen molar-refractivity contribution in [2.45, 2.75) is 46.0 Å². The van der Waals surface area contributed by atoms with Gasteiger partial charge >= 0.3 is 5.97 Å². The Bertz CT molecular complexity index is 412. The van der Waals surface area contributed by atoms with Gasteiger partial charge in [0.15, 0.2) is 0 Å². The van der Waals surface area contributed by atoms with Crippen molar-refractivity contribution in [2.75, 3.05) is 13.2 Å². The lowest BCUT2D eigenvalue weighted by Crippen LogP contribution is -2.09. The van der Waals surface area contributed by atoms with Crippen LogP contribution < -0.4 is 0 Å². The van der Waals surface area contributed by atoms with Crippen molar-refractivity contribution in [1.29, 1.82) is 0 Å². The number of carbonyl (C=O) groups excluding carboxylic acids is 1. The highest BCUT2D eigenvalue weighted by atomic mass is 16.5. The molecule has 1 aromatic carbocycles. The highest BCUT2D eigenvalue weighted by molar-refractivity contribution is 5.89. The van der Waals surface area contributed by atoms with E-state index in [4.69, 9.17) is 4.74 Å². The molecular weight excluding hydrogens is 250 g/mol.